The van der Waals surface area contributed by atoms with E-state index in [1.54, 1.807) is 6.08 Å². The number of amides is 1. The van der Waals surface area contributed by atoms with Crippen molar-refractivity contribution in [1.82, 2.24) is 24.8 Å². The Balaban J connectivity index is 0.00000272. The Hall–Kier alpha value is -2.70. The molecule has 6 nitrogen and oxygen atoms in total. The summed E-state index contributed by atoms with van der Waals surface area (Å²) < 4.78 is 1.96. The van der Waals surface area contributed by atoms with Crippen molar-refractivity contribution in [2.24, 2.45) is 0 Å². The second kappa shape index (κ2) is 10.1. The van der Waals surface area contributed by atoms with E-state index in [1.807, 2.05) is 22.4 Å². The number of carbonyl (C=O) groups excluding carboxylic acids is 1. The van der Waals surface area contributed by atoms with Gasteiger partial charge < -0.3 is 10.2 Å². The Morgan fingerprint density at radius 3 is 2.55 bits per heavy atom. The molecule has 1 saturated heterocycles. The number of piperazine rings is 1. The van der Waals surface area contributed by atoms with Crippen LogP contribution in [0, 0.1) is 13.8 Å². The predicted molar refractivity (Wildman–Crippen MR) is 127 cm³/mol. The lowest BCUT2D eigenvalue weighted by atomic mass is 10.0. The number of fused-ring (bicyclic) bond motifs is 1. The van der Waals surface area contributed by atoms with Crippen molar-refractivity contribution in [2.75, 3.05) is 26.2 Å². The maximum Gasteiger partial charge on any atom is 0.246 e. The average molecular weight is 440 g/mol. The highest BCUT2D eigenvalue weighted by Crippen LogP contribution is 2.21. The van der Waals surface area contributed by atoms with E-state index in [2.05, 4.69) is 49.5 Å². The molecule has 0 unspecified atom stereocenters. The second-order valence-electron chi connectivity index (χ2n) is 7.88. The fourth-order valence-corrected chi connectivity index (χ4v) is 3.98. The van der Waals surface area contributed by atoms with Gasteiger partial charge in [-0.2, -0.15) is 5.10 Å². The second-order valence-corrected chi connectivity index (χ2v) is 7.88. The van der Waals surface area contributed by atoms with Gasteiger partial charge in [0.15, 0.2) is 5.65 Å². The van der Waals surface area contributed by atoms with Crippen LogP contribution in [0.15, 0.2) is 36.4 Å². The van der Waals surface area contributed by atoms with Crippen molar-refractivity contribution >= 4 is 30.0 Å². The van der Waals surface area contributed by atoms with E-state index in [0.717, 1.165) is 67.3 Å². The first-order valence-electron chi connectivity index (χ1n) is 10.7. The van der Waals surface area contributed by atoms with Gasteiger partial charge in [0.2, 0.25) is 5.91 Å². The largest absolute Gasteiger partial charge is 0.337 e. The molecule has 0 aliphatic carbocycles. The summed E-state index contributed by atoms with van der Waals surface area (Å²) in [7, 11) is 0. The number of aryl methyl sites for hydroxylation is 3. The highest BCUT2D eigenvalue weighted by atomic mass is 35.5. The molecule has 1 N–H and O–H groups in total. The molecule has 1 fully saturated rings. The molecule has 164 valence electrons. The first kappa shape index (κ1) is 23.0. The summed E-state index contributed by atoms with van der Waals surface area (Å²) in [5.74, 6) is 0.0799. The van der Waals surface area contributed by atoms with E-state index in [-0.39, 0.29) is 18.3 Å². The van der Waals surface area contributed by atoms with Gasteiger partial charge in [-0.15, -0.1) is 12.4 Å². The summed E-state index contributed by atoms with van der Waals surface area (Å²) in [6, 6.07) is 10.4. The molecule has 1 amide bonds. The monoisotopic (exact) mass is 439 g/mol. The zero-order valence-electron chi connectivity index (χ0n) is 18.4. The summed E-state index contributed by atoms with van der Waals surface area (Å²) in [4.78, 5) is 18.9. The van der Waals surface area contributed by atoms with E-state index in [9.17, 15) is 4.79 Å². The number of nitrogens with zero attached hydrogens (tertiary/aromatic N) is 4. The zero-order chi connectivity index (χ0) is 21.1. The van der Waals surface area contributed by atoms with Crippen molar-refractivity contribution in [1.29, 1.82) is 0 Å². The highest BCUT2D eigenvalue weighted by molar-refractivity contribution is 5.91. The van der Waals surface area contributed by atoms with Crippen LogP contribution in [0.25, 0.3) is 11.7 Å². The van der Waals surface area contributed by atoms with Crippen LogP contribution in [-0.2, 0) is 17.6 Å². The number of rotatable bonds is 5. The molecule has 0 radical (unpaired) electrons. The van der Waals surface area contributed by atoms with Crippen LogP contribution in [0.5, 0.6) is 0 Å². The third-order valence-electron chi connectivity index (χ3n) is 5.62. The normalized spacial score (nSPS) is 14.2. The predicted octanol–water partition coefficient (Wildman–Crippen LogP) is 3.37. The third kappa shape index (κ3) is 5.14. The van der Waals surface area contributed by atoms with Gasteiger partial charge in [-0.25, -0.2) is 9.50 Å². The molecule has 0 saturated carbocycles. The van der Waals surface area contributed by atoms with Crippen LogP contribution in [0.4, 0.5) is 0 Å². The minimum absolute atomic E-state index is 0. The van der Waals surface area contributed by atoms with Crippen LogP contribution in [0.3, 0.4) is 0 Å². The Labute approximate surface area is 189 Å². The lowest BCUT2D eigenvalue weighted by Crippen LogP contribution is -2.45. The number of hydrogen-bond acceptors (Lipinski definition) is 4. The first-order chi connectivity index (χ1) is 14.5. The molecule has 3 aromatic rings. The summed E-state index contributed by atoms with van der Waals surface area (Å²) in [6.07, 6.45) is 5.25. The topological polar surface area (TPSA) is 62.5 Å². The molecule has 4 rings (SSSR count). The summed E-state index contributed by atoms with van der Waals surface area (Å²) in [5, 5.41) is 8.04. The van der Waals surface area contributed by atoms with E-state index >= 15 is 0 Å². The minimum atomic E-state index is 0. The summed E-state index contributed by atoms with van der Waals surface area (Å²) in [6.45, 7) is 9.51. The highest BCUT2D eigenvalue weighted by Gasteiger charge is 2.15. The standard InChI is InChI=1S/C24H29N5O.ClH/c1-4-22-21(24-26-17(2)15-18(3)29(24)27-22)16-20-7-5-19(6-8-20)9-10-23(30)28-13-11-25-12-14-28;/h5-10,15,25H,4,11-14,16H2,1-3H3;1H. The number of halogens is 1. The first-order valence-corrected chi connectivity index (χ1v) is 10.7. The van der Waals surface area contributed by atoms with Gasteiger partial charge in [-0.05, 0) is 43.5 Å². The molecule has 0 atom stereocenters. The number of benzene rings is 1. The van der Waals surface area contributed by atoms with Gasteiger partial charge in [-0.3, -0.25) is 4.79 Å². The van der Waals surface area contributed by atoms with Crippen molar-refractivity contribution in [3.05, 3.63) is 70.2 Å². The van der Waals surface area contributed by atoms with Crippen LogP contribution in [0.2, 0.25) is 0 Å². The minimum Gasteiger partial charge on any atom is -0.337 e. The Kier molecular flexibility index (Phi) is 7.46. The lowest BCUT2D eigenvalue weighted by Gasteiger charge is -2.26. The molecule has 0 spiro atoms. The van der Waals surface area contributed by atoms with Gasteiger partial charge in [0.25, 0.3) is 0 Å². The molecule has 3 heterocycles. The van der Waals surface area contributed by atoms with Gasteiger partial charge in [0.1, 0.15) is 0 Å². The van der Waals surface area contributed by atoms with Crippen LogP contribution < -0.4 is 5.32 Å². The summed E-state index contributed by atoms with van der Waals surface area (Å²) in [5.41, 5.74) is 7.61. The molecule has 1 aromatic carbocycles. The number of hydrogen-bond donors (Lipinski definition) is 1. The van der Waals surface area contributed by atoms with E-state index in [0.29, 0.717) is 0 Å². The van der Waals surface area contributed by atoms with Gasteiger partial charge in [0, 0.05) is 55.6 Å². The molecule has 1 aliphatic rings. The lowest BCUT2D eigenvalue weighted by molar-refractivity contribution is -0.126. The molecular weight excluding hydrogens is 410 g/mol. The van der Waals surface area contributed by atoms with Crippen LogP contribution in [-0.4, -0.2) is 51.6 Å². The maximum atomic E-state index is 12.3. The fraction of sp³-hybridized carbons (Fsp3) is 0.375. The summed E-state index contributed by atoms with van der Waals surface area (Å²) >= 11 is 0. The molecule has 0 bridgehead atoms. The quantitative estimate of drug-likeness (QED) is 0.619. The molecule has 7 heteroatoms. The Morgan fingerprint density at radius 2 is 1.87 bits per heavy atom. The van der Waals surface area contributed by atoms with Gasteiger partial charge in [-0.1, -0.05) is 31.2 Å². The Morgan fingerprint density at radius 1 is 1.16 bits per heavy atom. The van der Waals surface area contributed by atoms with Gasteiger partial charge in [0.05, 0.1) is 5.69 Å². The molecule has 2 aromatic heterocycles. The molecular formula is C24H30ClN5O. The number of aromatic nitrogens is 3. The van der Waals surface area contributed by atoms with Crippen molar-refractivity contribution in [2.45, 2.75) is 33.6 Å². The average Bonchev–Trinajstić information content (AvgIpc) is 3.11. The van der Waals surface area contributed by atoms with E-state index in [4.69, 9.17) is 10.1 Å². The smallest absolute Gasteiger partial charge is 0.246 e. The third-order valence-corrected chi connectivity index (χ3v) is 5.62. The van der Waals surface area contributed by atoms with Crippen molar-refractivity contribution in [3.8, 4) is 0 Å². The SMILES string of the molecule is CCc1nn2c(C)cc(C)nc2c1Cc1ccc(C=CC(=O)N2CCNCC2)cc1.Cl. The fourth-order valence-electron chi connectivity index (χ4n) is 3.98. The maximum absolute atomic E-state index is 12.3. The van der Waals surface area contributed by atoms with E-state index in [1.165, 1.54) is 11.1 Å². The van der Waals surface area contributed by atoms with Crippen molar-refractivity contribution < 1.29 is 4.79 Å². The van der Waals surface area contributed by atoms with Crippen molar-refractivity contribution in [3.63, 3.8) is 0 Å². The number of nitrogens with one attached hydrogen (secondary N) is 1. The van der Waals surface area contributed by atoms with Gasteiger partial charge >= 0.3 is 0 Å². The van der Waals surface area contributed by atoms with E-state index < -0.39 is 0 Å². The van der Waals surface area contributed by atoms with Crippen LogP contribution >= 0.6 is 12.4 Å². The molecule has 31 heavy (non-hydrogen) atoms. The Bertz CT molecular complexity index is 1080. The van der Waals surface area contributed by atoms with Crippen LogP contribution in [0.1, 0.15) is 40.7 Å². The molecule has 1 aliphatic heterocycles. The zero-order valence-corrected chi connectivity index (χ0v) is 19.2. The number of carbonyl (C=O) groups is 1.